The van der Waals surface area contributed by atoms with Crippen molar-refractivity contribution in [3.63, 3.8) is 0 Å². The largest absolute Gasteiger partial charge is 0.394 e. The van der Waals surface area contributed by atoms with E-state index in [1.807, 2.05) is 0 Å². The predicted octanol–water partition coefficient (Wildman–Crippen LogP) is -0.248. The van der Waals surface area contributed by atoms with Crippen molar-refractivity contribution in [3.8, 4) is 0 Å². The predicted molar refractivity (Wildman–Crippen MR) is 71.2 cm³/mol. The first-order chi connectivity index (χ1) is 10.0. The van der Waals surface area contributed by atoms with E-state index in [0.29, 0.717) is 5.39 Å². The summed E-state index contributed by atoms with van der Waals surface area (Å²) in [7, 11) is 0. The molecule has 0 unspecified atom stereocenters. The summed E-state index contributed by atoms with van der Waals surface area (Å²) >= 11 is 0. The first-order valence-corrected chi connectivity index (χ1v) is 6.46. The summed E-state index contributed by atoms with van der Waals surface area (Å²) in [6.07, 6.45) is -3.50. The van der Waals surface area contributed by atoms with Gasteiger partial charge in [-0.25, -0.2) is 4.39 Å². The number of pyridine rings is 1. The Morgan fingerprint density at radius 2 is 2.00 bits per heavy atom. The van der Waals surface area contributed by atoms with Gasteiger partial charge in [0.2, 0.25) is 0 Å². The first kappa shape index (κ1) is 14.2. The van der Waals surface area contributed by atoms with Gasteiger partial charge in [0, 0.05) is 6.20 Å². The molecule has 2 heterocycles. The van der Waals surface area contributed by atoms with Crippen molar-refractivity contribution >= 4 is 10.8 Å². The minimum absolute atomic E-state index is 0.113. The van der Waals surface area contributed by atoms with Crippen molar-refractivity contribution in [1.82, 2.24) is 4.57 Å². The maximum Gasteiger partial charge on any atom is 0.263 e. The number of benzene rings is 1. The van der Waals surface area contributed by atoms with Gasteiger partial charge in [-0.2, -0.15) is 0 Å². The monoisotopic (exact) mass is 295 g/mol. The molecule has 1 fully saturated rings. The van der Waals surface area contributed by atoms with Crippen molar-refractivity contribution in [2.75, 3.05) is 6.61 Å². The minimum Gasteiger partial charge on any atom is -0.394 e. The lowest BCUT2D eigenvalue weighted by Gasteiger charge is -2.18. The van der Waals surface area contributed by atoms with Gasteiger partial charge in [0.15, 0.2) is 6.23 Å². The van der Waals surface area contributed by atoms with Crippen LogP contribution in [0.4, 0.5) is 4.39 Å². The van der Waals surface area contributed by atoms with Crippen LogP contribution in [0.5, 0.6) is 0 Å². The fourth-order valence-corrected chi connectivity index (χ4v) is 2.57. The Morgan fingerprint density at radius 3 is 2.67 bits per heavy atom. The summed E-state index contributed by atoms with van der Waals surface area (Å²) in [5, 5.41) is 29.0. The van der Waals surface area contributed by atoms with E-state index >= 15 is 0 Å². The molecule has 0 saturated carbocycles. The number of aromatic nitrogens is 1. The highest BCUT2D eigenvalue weighted by molar-refractivity contribution is 5.81. The third kappa shape index (κ3) is 2.14. The van der Waals surface area contributed by atoms with Gasteiger partial charge in [0.05, 0.1) is 12.0 Å². The Hall–Kier alpha value is -1.80. The van der Waals surface area contributed by atoms with E-state index in [9.17, 15) is 19.4 Å². The van der Waals surface area contributed by atoms with Gasteiger partial charge in [0.1, 0.15) is 24.1 Å². The first-order valence-electron chi connectivity index (χ1n) is 6.46. The van der Waals surface area contributed by atoms with Gasteiger partial charge < -0.3 is 20.1 Å². The number of aliphatic hydroxyl groups excluding tert-OH is 3. The van der Waals surface area contributed by atoms with Crippen LogP contribution in [0.15, 0.2) is 35.3 Å². The van der Waals surface area contributed by atoms with Crippen molar-refractivity contribution in [3.05, 3.63) is 46.6 Å². The summed E-state index contributed by atoms with van der Waals surface area (Å²) < 4.78 is 20.1. The highest BCUT2D eigenvalue weighted by atomic mass is 19.1. The molecule has 2 aromatic rings. The molecule has 21 heavy (non-hydrogen) atoms. The van der Waals surface area contributed by atoms with E-state index in [1.165, 1.54) is 24.4 Å². The summed E-state index contributed by atoms with van der Waals surface area (Å²) in [4.78, 5) is 12.4. The van der Waals surface area contributed by atoms with E-state index in [-0.39, 0.29) is 5.39 Å². The van der Waals surface area contributed by atoms with E-state index in [0.717, 1.165) is 4.57 Å². The second kappa shape index (κ2) is 5.19. The molecule has 3 rings (SSSR count). The Balaban J connectivity index is 2.12. The van der Waals surface area contributed by atoms with Gasteiger partial charge in [-0.05, 0) is 17.5 Å². The fourth-order valence-electron chi connectivity index (χ4n) is 2.57. The Bertz CT molecular complexity index is 731. The lowest BCUT2D eigenvalue weighted by molar-refractivity contribution is -0.0541. The zero-order valence-electron chi connectivity index (χ0n) is 10.9. The molecule has 7 heteroatoms. The van der Waals surface area contributed by atoms with Crippen molar-refractivity contribution in [2.24, 2.45) is 0 Å². The van der Waals surface area contributed by atoms with Crippen molar-refractivity contribution in [2.45, 2.75) is 24.5 Å². The average Bonchev–Trinajstić information content (AvgIpc) is 2.75. The quantitative estimate of drug-likeness (QED) is 0.711. The molecule has 1 saturated heterocycles. The molecule has 0 radical (unpaired) electrons. The molecule has 0 bridgehead atoms. The Labute approximate surface area is 118 Å². The molecule has 1 aliphatic rings. The normalized spacial score (nSPS) is 29.1. The smallest absolute Gasteiger partial charge is 0.263 e. The molecule has 0 amide bonds. The van der Waals surface area contributed by atoms with Gasteiger partial charge in [-0.15, -0.1) is 0 Å². The van der Waals surface area contributed by atoms with Crippen LogP contribution >= 0.6 is 0 Å². The summed E-state index contributed by atoms with van der Waals surface area (Å²) in [6, 6.07) is 5.79. The van der Waals surface area contributed by atoms with Gasteiger partial charge >= 0.3 is 0 Å². The third-order valence-electron chi connectivity index (χ3n) is 3.70. The van der Waals surface area contributed by atoms with Crippen LogP contribution in [0.3, 0.4) is 0 Å². The standard InChI is InChI=1S/C14H14FNO5/c15-8-3-1-2-7-4-5-16(13(20)10(7)8)14-12(19)11(18)9(6-17)21-14/h1-5,9,11-12,14,17-19H,6H2/t9-,11-,12-,14-/m1/s1. The van der Waals surface area contributed by atoms with Crippen LogP contribution < -0.4 is 5.56 Å². The summed E-state index contributed by atoms with van der Waals surface area (Å²) in [6.45, 7) is -0.495. The molecule has 0 spiro atoms. The molecule has 112 valence electrons. The molecule has 3 N–H and O–H groups in total. The van der Waals surface area contributed by atoms with Crippen LogP contribution in [-0.4, -0.2) is 44.8 Å². The molecule has 6 nitrogen and oxygen atoms in total. The Morgan fingerprint density at radius 1 is 1.24 bits per heavy atom. The second-order valence-electron chi connectivity index (χ2n) is 4.96. The second-order valence-corrected chi connectivity index (χ2v) is 4.96. The lowest BCUT2D eigenvalue weighted by Crippen LogP contribution is -2.35. The minimum atomic E-state index is -1.39. The molecular formula is C14H14FNO5. The maximum absolute atomic E-state index is 13.8. The molecule has 1 aliphatic heterocycles. The lowest BCUT2D eigenvalue weighted by atomic mass is 10.1. The molecular weight excluding hydrogens is 281 g/mol. The van der Waals surface area contributed by atoms with Gasteiger partial charge in [-0.1, -0.05) is 12.1 Å². The SMILES string of the molecule is O=c1c2c(F)cccc2ccn1[C@@H]1O[C@H](CO)[C@@H](O)[C@H]1O. The summed E-state index contributed by atoms with van der Waals surface area (Å²) in [5.41, 5.74) is -0.666. The highest BCUT2D eigenvalue weighted by Crippen LogP contribution is 2.28. The number of hydrogen-bond donors (Lipinski definition) is 3. The average molecular weight is 295 g/mol. The third-order valence-corrected chi connectivity index (χ3v) is 3.70. The summed E-state index contributed by atoms with van der Waals surface area (Å²) in [5.74, 6) is -0.668. The van der Waals surface area contributed by atoms with E-state index in [2.05, 4.69) is 0 Å². The molecule has 4 atom stereocenters. The zero-order chi connectivity index (χ0) is 15.1. The highest BCUT2D eigenvalue weighted by Gasteiger charge is 2.43. The molecule has 1 aromatic carbocycles. The number of fused-ring (bicyclic) bond motifs is 1. The number of ether oxygens (including phenoxy) is 1. The molecule has 1 aromatic heterocycles. The molecule has 0 aliphatic carbocycles. The van der Waals surface area contributed by atoms with E-state index in [4.69, 9.17) is 9.84 Å². The van der Waals surface area contributed by atoms with Crippen molar-refractivity contribution < 1.29 is 24.4 Å². The van der Waals surface area contributed by atoms with Crippen LogP contribution in [0.2, 0.25) is 0 Å². The van der Waals surface area contributed by atoms with Crippen LogP contribution in [0.25, 0.3) is 10.8 Å². The maximum atomic E-state index is 13.8. The van der Waals surface area contributed by atoms with E-state index in [1.54, 1.807) is 6.07 Å². The number of rotatable bonds is 2. The number of hydrogen-bond acceptors (Lipinski definition) is 5. The van der Waals surface area contributed by atoms with Gasteiger partial charge in [0.25, 0.3) is 5.56 Å². The Kier molecular flexibility index (Phi) is 3.50. The fraction of sp³-hybridized carbons (Fsp3) is 0.357. The van der Waals surface area contributed by atoms with Crippen molar-refractivity contribution in [1.29, 1.82) is 0 Å². The topological polar surface area (TPSA) is 91.9 Å². The zero-order valence-corrected chi connectivity index (χ0v) is 10.9. The van der Waals surface area contributed by atoms with E-state index < -0.39 is 42.5 Å². The number of aliphatic hydroxyl groups is 3. The van der Waals surface area contributed by atoms with Crippen LogP contribution in [-0.2, 0) is 4.74 Å². The number of halogens is 1. The number of nitrogens with zero attached hydrogens (tertiary/aromatic N) is 1. The van der Waals surface area contributed by atoms with Crippen LogP contribution in [0, 0.1) is 5.82 Å². The van der Waals surface area contributed by atoms with Gasteiger partial charge in [-0.3, -0.25) is 9.36 Å². The van der Waals surface area contributed by atoms with Crippen LogP contribution in [0.1, 0.15) is 6.23 Å².